The van der Waals surface area contributed by atoms with Gasteiger partial charge in [0.15, 0.2) is 0 Å². The Bertz CT molecular complexity index is 180. The van der Waals surface area contributed by atoms with Gasteiger partial charge in [0.2, 0.25) is 0 Å². The first-order valence-corrected chi connectivity index (χ1v) is 7.05. The third kappa shape index (κ3) is 4.42. The SMILES string of the molecule is CCCC1CCC(NCC)C(CN(C)C)C1. The maximum Gasteiger partial charge on any atom is 0.0108 e. The highest BCUT2D eigenvalue weighted by atomic mass is 15.1. The number of nitrogens with one attached hydrogen (secondary N) is 1. The van der Waals surface area contributed by atoms with Crippen molar-refractivity contribution in [2.24, 2.45) is 11.8 Å². The van der Waals surface area contributed by atoms with Crippen LogP contribution >= 0.6 is 0 Å². The van der Waals surface area contributed by atoms with Gasteiger partial charge in [0.25, 0.3) is 0 Å². The molecule has 1 fully saturated rings. The Kier molecular flexibility index (Phi) is 6.37. The summed E-state index contributed by atoms with van der Waals surface area (Å²) in [5.41, 5.74) is 0. The summed E-state index contributed by atoms with van der Waals surface area (Å²) in [5, 5.41) is 3.68. The van der Waals surface area contributed by atoms with E-state index in [0.29, 0.717) is 0 Å². The molecule has 0 saturated heterocycles. The first-order chi connectivity index (χ1) is 7.67. The molecule has 1 aliphatic rings. The second kappa shape index (κ2) is 7.29. The van der Waals surface area contributed by atoms with Gasteiger partial charge in [-0.15, -0.1) is 0 Å². The molecule has 2 nitrogen and oxygen atoms in total. The maximum atomic E-state index is 3.68. The molecule has 16 heavy (non-hydrogen) atoms. The molecule has 3 unspecified atom stereocenters. The lowest BCUT2D eigenvalue weighted by molar-refractivity contribution is 0.161. The number of hydrogen-bond acceptors (Lipinski definition) is 2. The van der Waals surface area contributed by atoms with Crippen LogP contribution in [0.1, 0.15) is 46.0 Å². The highest BCUT2D eigenvalue weighted by molar-refractivity contribution is 4.85. The molecular formula is C14H30N2. The molecule has 0 aromatic rings. The lowest BCUT2D eigenvalue weighted by Gasteiger charge is -2.38. The Labute approximate surface area is 102 Å². The van der Waals surface area contributed by atoms with Gasteiger partial charge in [-0.2, -0.15) is 0 Å². The van der Waals surface area contributed by atoms with E-state index in [1.165, 1.54) is 38.6 Å². The van der Waals surface area contributed by atoms with Gasteiger partial charge in [-0.25, -0.2) is 0 Å². The molecular weight excluding hydrogens is 196 g/mol. The summed E-state index contributed by atoms with van der Waals surface area (Å²) in [6.45, 7) is 6.91. The lowest BCUT2D eigenvalue weighted by atomic mass is 9.76. The van der Waals surface area contributed by atoms with Crippen molar-refractivity contribution in [3.8, 4) is 0 Å². The van der Waals surface area contributed by atoms with Crippen molar-refractivity contribution < 1.29 is 0 Å². The molecule has 0 aromatic carbocycles. The summed E-state index contributed by atoms with van der Waals surface area (Å²) in [6, 6.07) is 0.764. The molecule has 1 N–H and O–H groups in total. The quantitative estimate of drug-likeness (QED) is 0.749. The van der Waals surface area contributed by atoms with E-state index in [0.717, 1.165) is 24.4 Å². The molecule has 0 bridgehead atoms. The van der Waals surface area contributed by atoms with E-state index in [9.17, 15) is 0 Å². The summed E-state index contributed by atoms with van der Waals surface area (Å²) in [5.74, 6) is 1.85. The van der Waals surface area contributed by atoms with Crippen molar-refractivity contribution in [1.29, 1.82) is 0 Å². The van der Waals surface area contributed by atoms with Gasteiger partial charge >= 0.3 is 0 Å². The summed E-state index contributed by atoms with van der Waals surface area (Å²) < 4.78 is 0. The zero-order valence-corrected chi connectivity index (χ0v) is 11.6. The molecule has 1 aliphatic carbocycles. The second-order valence-electron chi connectivity index (χ2n) is 5.65. The Morgan fingerprint density at radius 2 is 1.94 bits per heavy atom. The van der Waals surface area contributed by atoms with Crippen LogP contribution in [0.15, 0.2) is 0 Å². The lowest BCUT2D eigenvalue weighted by Crippen LogP contribution is -2.44. The first kappa shape index (κ1) is 14.0. The highest BCUT2D eigenvalue weighted by Crippen LogP contribution is 2.32. The Hall–Kier alpha value is -0.0800. The monoisotopic (exact) mass is 226 g/mol. The normalized spacial score (nSPS) is 30.9. The zero-order chi connectivity index (χ0) is 12.0. The van der Waals surface area contributed by atoms with E-state index < -0.39 is 0 Å². The maximum absolute atomic E-state index is 3.68. The Morgan fingerprint density at radius 3 is 2.50 bits per heavy atom. The minimum atomic E-state index is 0.764. The van der Waals surface area contributed by atoms with Crippen molar-refractivity contribution >= 4 is 0 Å². The van der Waals surface area contributed by atoms with Gasteiger partial charge in [0.05, 0.1) is 0 Å². The molecule has 96 valence electrons. The van der Waals surface area contributed by atoms with Gasteiger partial charge < -0.3 is 10.2 Å². The largest absolute Gasteiger partial charge is 0.314 e. The molecule has 3 atom stereocenters. The van der Waals surface area contributed by atoms with E-state index in [2.05, 4.69) is 38.2 Å². The van der Waals surface area contributed by atoms with E-state index in [4.69, 9.17) is 0 Å². The van der Waals surface area contributed by atoms with Crippen LogP contribution in [0.2, 0.25) is 0 Å². The van der Waals surface area contributed by atoms with Gasteiger partial charge in [0, 0.05) is 12.6 Å². The molecule has 1 rings (SSSR count). The van der Waals surface area contributed by atoms with Crippen LogP contribution in [-0.2, 0) is 0 Å². The molecule has 0 aliphatic heterocycles. The van der Waals surface area contributed by atoms with Gasteiger partial charge in [-0.3, -0.25) is 0 Å². The van der Waals surface area contributed by atoms with Crippen LogP contribution in [0.5, 0.6) is 0 Å². The van der Waals surface area contributed by atoms with Crippen LogP contribution < -0.4 is 5.32 Å². The van der Waals surface area contributed by atoms with Crippen LogP contribution in [0.4, 0.5) is 0 Å². The topological polar surface area (TPSA) is 15.3 Å². The molecule has 2 heteroatoms. The summed E-state index contributed by atoms with van der Waals surface area (Å²) in [6.07, 6.45) is 7.05. The molecule has 0 spiro atoms. The van der Waals surface area contributed by atoms with Crippen LogP contribution in [-0.4, -0.2) is 38.1 Å². The van der Waals surface area contributed by atoms with Crippen LogP contribution in [0.25, 0.3) is 0 Å². The molecule has 1 saturated carbocycles. The molecule has 0 amide bonds. The molecule has 0 aromatic heterocycles. The minimum Gasteiger partial charge on any atom is -0.314 e. The summed E-state index contributed by atoms with van der Waals surface area (Å²) in [4.78, 5) is 2.35. The predicted octanol–water partition coefficient (Wildman–Crippen LogP) is 2.74. The van der Waals surface area contributed by atoms with Crippen molar-refractivity contribution in [1.82, 2.24) is 10.2 Å². The standard InChI is InChI=1S/C14H30N2/c1-5-7-12-8-9-14(15-6-2)13(10-12)11-16(3)4/h12-15H,5-11H2,1-4H3. The second-order valence-corrected chi connectivity index (χ2v) is 5.65. The smallest absolute Gasteiger partial charge is 0.0108 e. The highest BCUT2D eigenvalue weighted by Gasteiger charge is 2.29. The van der Waals surface area contributed by atoms with Gasteiger partial charge in [0.1, 0.15) is 0 Å². The predicted molar refractivity (Wildman–Crippen MR) is 71.8 cm³/mol. The van der Waals surface area contributed by atoms with E-state index >= 15 is 0 Å². The van der Waals surface area contributed by atoms with Gasteiger partial charge in [-0.05, 0) is 51.7 Å². The fraction of sp³-hybridized carbons (Fsp3) is 1.00. The van der Waals surface area contributed by atoms with Crippen molar-refractivity contribution in [2.45, 2.75) is 52.0 Å². The van der Waals surface area contributed by atoms with Crippen molar-refractivity contribution in [3.63, 3.8) is 0 Å². The third-order valence-corrected chi connectivity index (χ3v) is 3.85. The Morgan fingerprint density at radius 1 is 1.19 bits per heavy atom. The summed E-state index contributed by atoms with van der Waals surface area (Å²) >= 11 is 0. The van der Waals surface area contributed by atoms with Gasteiger partial charge in [-0.1, -0.05) is 26.7 Å². The molecule has 0 heterocycles. The van der Waals surface area contributed by atoms with Crippen LogP contribution in [0, 0.1) is 11.8 Å². The van der Waals surface area contributed by atoms with Crippen molar-refractivity contribution in [3.05, 3.63) is 0 Å². The zero-order valence-electron chi connectivity index (χ0n) is 11.6. The molecule has 0 radical (unpaired) electrons. The summed E-state index contributed by atoms with van der Waals surface area (Å²) in [7, 11) is 4.40. The van der Waals surface area contributed by atoms with Crippen molar-refractivity contribution in [2.75, 3.05) is 27.2 Å². The Balaban J connectivity index is 2.47. The van der Waals surface area contributed by atoms with E-state index in [1.54, 1.807) is 0 Å². The van der Waals surface area contributed by atoms with Crippen LogP contribution in [0.3, 0.4) is 0 Å². The van der Waals surface area contributed by atoms with E-state index in [1.807, 2.05) is 0 Å². The fourth-order valence-corrected chi connectivity index (χ4v) is 3.23. The average molecular weight is 226 g/mol. The number of rotatable bonds is 6. The fourth-order valence-electron chi connectivity index (χ4n) is 3.23. The van der Waals surface area contributed by atoms with E-state index in [-0.39, 0.29) is 0 Å². The number of nitrogens with zero attached hydrogens (tertiary/aromatic N) is 1. The minimum absolute atomic E-state index is 0.764. The first-order valence-electron chi connectivity index (χ1n) is 7.05. The third-order valence-electron chi connectivity index (χ3n) is 3.85. The average Bonchev–Trinajstić information content (AvgIpc) is 2.22. The number of hydrogen-bond donors (Lipinski definition) is 1.